The number of rotatable bonds is 4. The van der Waals surface area contributed by atoms with Gasteiger partial charge in [-0.1, -0.05) is 0 Å². The molecule has 0 aliphatic heterocycles. The molecule has 0 aliphatic carbocycles. The van der Waals surface area contributed by atoms with Gasteiger partial charge in [0, 0.05) is 18.0 Å². The second-order valence-corrected chi connectivity index (χ2v) is 4.44. The first kappa shape index (κ1) is 12.1. The number of aromatic nitrogens is 2. The lowest BCUT2D eigenvalue weighted by molar-refractivity contribution is -0.0140. The molecule has 0 amide bonds. The predicted octanol–water partition coefficient (Wildman–Crippen LogP) is 1.55. The molecule has 1 aromatic rings. The topological polar surface area (TPSA) is 47.0 Å². The van der Waals surface area contributed by atoms with E-state index in [1.807, 2.05) is 27.8 Å². The van der Waals surface area contributed by atoms with Crippen LogP contribution in [0.2, 0.25) is 0 Å². The summed E-state index contributed by atoms with van der Waals surface area (Å²) >= 11 is 0. The fourth-order valence-corrected chi connectivity index (χ4v) is 1.17. The number of hydrogen-bond acceptors (Lipinski definition) is 4. The molecule has 84 valence electrons. The van der Waals surface area contributed by atoms with E-state index in [9.17, 15) is 0 Å². The van der Waals surface area contributed by atoms with Gasteiger partial charge in [-0.05, 0) is 27.8 Å². The average molecular weight is 209 g/mol. The SMILES string of the molecule is CNC(COC(C)(C)C)c1cncnc1. The van der Waals surface area contributed by atoms with Gasteiger partial charge in [0.2, 0.25) is 0 Å². The van der Waals surface area contributed by atoms with Gasteiger partial charge in [0.15, 0.2) is 0 Å². The van der Waals surface area contributed by atoms with Gasteiger partial charge in [0.1, 0.15) is 6.33 Å². The lowest BCUT2D eigenvalue weighted by atomic mass is 10.1. The second-order valence-electron chi connectivity index (χ2n) is 4.44. The smallest absolute Gasteiger partial charge is 0.115 e. The summed E-state index contributed by atoms with van der Waals surface area (Å²) in [5.41, 5.74) is 0.925. The fourth-order valence-electron chi connectivity index (χ4n) is 1.17. The molecule has 0 bridgehead atoms. The zero-order valence-corrected chi connectivity index (χ0v) is 9.82. The van der Waals surface area contributed by atoms with Crippen LogP contribution in [-0.4, -0.2) is 29.2 Å². The standard InChI is InChI=1S/C11H19N3O/c1-11(2,3)15-7-10(12-4)9-5-13-8-14-6-9/h5-6,8,10,12H,7H2,1-4H3. The van der Waals surface area contributed by atoms with Crippen molar-refractivity contribution >= 4 is 0 Å². The van der Waals surface area contributed by atoms with E-state index in [2.05, 4.69) is 15.3 Å². The quantitative estimate of drug-likeness (QED) is 0.817. The Bertz CT molecular complexity index is 282. The third-order valence-electron chi connectivity index (χ3n) is 2.01. The number of nitrogens with one attached hydrogen (secondary N) is 1. The van der Waals surface area contributed by atoms with Gasteiger partial charge in [-0.25, -0.2) is 9.97 Å². The third-order valence-corrected chi connectivity index (χ3v) is 2.01. The normalized spacial score (nSPS) is 13.9. The molecule has 1 N–H and O–H groups in total. The van der Waals surface area contributed by atoms with Crippen LogP contribution in [0.4, 0.5) is 0 Å². The van der Waals surface area contributed by atoms with Gasteiger partial charge in [-0.3, -0.25) is 0 Å². The Morgan fingerprint density at radius 1 is 1.33 bits per heavy atom. The molecule has 0 aliphatic rings. The highest BCUT2D eigenvalue weighted by Gasteiger charge is 2.15. The first-order chi connectivity index (χ1) is 7.03. The lowest BCUT2D eigenvalue weighted by Crippen LogP contribution is -2.28. The van der Waals surface area contributed by atoms with Crippen LogP contribution < -0.4 is 5.32 Å². The van der Waals surface area contributed by atoms with Gasteiger partial charge >= 0.3 is 0 Å². The van der Waals surface area contributed by atoms with E-state index in [4.69, 9.17) is 4.74 Å². The summed E-state index contributed by atoms with van der Waals surface area (Å²) in [5, 5.41) is 3.19. The van der Waals surface area contributed by atoms with Gasteiger partial charge < -0.3 is 10.1 Å². The Hall–Kier alpha value is -1.00. The summed E-state index contributed by atoms with van der Waals surface area (Å²) in [6.07, 6.45) is 5.14. The molecule has 4 heteroatoms. The first-order valence-corrected chi connectivity index (χ1v) is 5.09. The van der Waals surface area contributed by atoms with E-state index in [0.717, 1.165) is 5.56 Å². The average Bonchev–Trinajstić information content (AvgIpc) is 2.19. The van der Waals surface area contributed by atoms with Crippen LogP contribution in [0.25, 0.3) is 0 Å². The van der Waals surface area contributed by atoms with Gasteiger partial charge in [0.25, 0.3) is 0 Å². The molecule has 4 nitrogen and oxygen atoms in total. The maximum absolute atomic E-state index is 5.72. The highest BCUT2D eigenvalue weighted by Crippen LogP contribution is 2.14. The summed E-state index contributed by atoms with van der Waals surface area (Å²) < 4.78 is 5.72. The molecule has 0 saturated heterocycles. The van der Waals surface area contributed by atoms with E-state index in [1.165, 1.54) is 6.33 Å². The zero-order valence-electron chi connectivity index (χ0n) is 9.82. The minimum Gasteiger partial charge on any atom is -0.374 e. The van der Waals surface area contributed by atoms with E-state index in [1.54, 1.807) is 12.4 Å². The van der Waals surface area contributed by atoms with Crippen molar-refractivity contribution in [3.63, 3.8) is 0 Å². The molecular formula is C11H19N3O. The van der Waals surface area contributed by atoms with E-state index >= 15 is 0 Å². The van der Waals surface area contributed by atoms with E-state index in [-0.39, 0.29) is 11.6 Å². The van der Waals surface area contributed by atoms with Crippen LogP contribution in [0.15, 0.2) is 18.7 Å². The van der Waals surface area contributed by atoms with Crippen LogP contribution in [-0.2, 0) is 4.74 Å². The van der Waals surface area contributed by atoms with Crippen molar-refractivity contribution in [2.24, 2.45) is 0 Å². The molecule has 0 spiro atoms. The second kappa shape index (κ2) is 5.19. The number of hydrogen-bond donors (Lipinski definition) is 1. The minimum absolute atomic E-state index is 0.120. The molecule has 0 radical (unpaired) electrons. The molecular weight excluding hydrogens is 190 g/mol. The number of ether oxygens (including phenoxy) is 1. The highest BCUT2D eigenvalue weighted by molar-refractivity contribution is 5.08. The van der Waals surface area contributed by atoms with Crippen molar-refractivity contribution in [2.75, 3.05) is 13.7 Å². The Morgan fingerprint density at radius 2 is 1.93 bits per heavy atom. The molecule has 1 unspecified atom stereocenters. The van der Waals surface area contributed by atoms with Crippen molar-refractivity contribution in [3.05, 3.63) is 24.3 Å². The summed E-state index contributed by atoms with van der Waals surface area (Å²) in [7, 11) is 1.91. The van der Waals surface area contributed by atoms with Crippen molar-refractivity contribution < 1.29 is 4.74 Å². The Balaban J connectivity index is 2.58. The molecule has 1 rings (SSSR count). The maximum atomic E-state index is 5.72. The minimum atomic E-state index is -0.120. The largest absolute Gasteiger partial charge is 0.374 e. The molecule has 0 fully saturated rings. The number of likely N-dealkylation sites (N-methyl/N-ethyl adjacent to an activating group) is 1. The van der Waals surface area contributed by atoms with Crippen LogP contribution in [0.3, 0.4) is 0 Å². The highest BCUT2D eigenvalue weighted by atomic mass is 16.5. The van der Waals surface area contributed by atoms with Crippen molar-refractivity contribution in [3.8, 4) is 0 Å². The Labute approximate surface area is 91.1 Å². The molecule has 1 aromatic heterocycles. The third kappa shape index (κ3) is 4.36. The predicted molar refractivity (Wildman–Crippen MR) is 59.5 cm³/mol. The van der Waals surface area contributed by atoms with Gasteiger partial charge in [-0.2, -0.15) is 0 Å². The van der Waals surface area contributed by atoms with E-state index < -0.39 is 0 Å². The van der Waals surface area contributed by atoms with Gasteiger partial charge in [0.05, 0.1) is 18.2 Å². The molecule has 1 heterocycles. The number of nitrogens with zero attached hydrogens (tertiary/aromatic N) is 2. The van der Waals surface area contributed by atoms with Crippen LogP contribution in [0.1, 0.15) is 32.4 Å². The van der Waals surface area contributed by atoms with Crippen LogP contribution in [0.5, 0.6) is 0 Å². The van der Waals surface area contributed by atoms with Crippen molar-refractivity contribution in [2.45, 2.75) is 32.4 Å². The lowest BCUT2D eigenvalue weighted by Gasteiger charge is -2.24. The molecule has 15 heavy (non-hydrogen) atoms. The van der Waals surface area contributed by atoms with E-state index in [0.29, 0.717) is 6.61 Å². The van der Waals surface area contributed by atoms with Crippen LogP contribution in [0, 0.1) is 0 Å². The van der Waals surface area contributed by atoms with Crippen molar-refractivity contribution in [1.82, 2.24) is 15.3 Å². The zero-order chi connectivity index (χ0) is 11.3. The Morgan fingerprint density at radius 3 is 2.40 bits per heavy atom. The molecule has 0 saturated carbocycles. The summed E-state index contributed by atoms with van der Waals surface area (Å²) in [6, 6.07) is 0.144. The maximum Gasteiger partial charge on any atom is 0.115 e. The molecule has 1 atom stereocenters. The monoisotopic (exact) mass is 209 g/mol. The summed E-state index contributed by atoms with van der Waals surface area (Å²) in [6.45, 7) is 6.75. The van der Waals surface area contributed by atoms with Crippen LogP contribution >= 0.6 is 0 Å². The van der Waals surface area contributed by atoms with Gasteiger partial charge in [-0.15, -0.1) is 0 Å². The molecule has 0 aromatic carbocycles. The Kier molecular flexibility index (Phi) is 4.17. The summed E-state index contributed by atoms with van der Waals surface area (Å²) in [4.78, 5) is 7.98. The van der Waals surface area contributed by atoms with Crippen molar-refractivity contribution in [1.29, 1.82) is 0 Å². The first-order valence-electron chi connectivity index (χ1n) is 5.09. The summed E-state index contributed by atoms with van der Waals surface area (Å²) in [5.74, 6) is 0. The fraction of sp³-hybridized carbons (Fsp3) is 0.636.